The van der Waals surface area contributed by atoms with Crippen molar-refractivity contribution < 1.29 is 9.21 Å². The molecule has 0 aliphatic heterocycles. The summed E-state index contributed by atoms with van der Waals surface area (Å²) < 4.78 is 7.45. The molecule has 4 rings (SSSR count). The lowest BCUT2D eigenvalue weighted by Crippen LogP contribution is -2.05. The van der Waals surface area contributed by atoms with Crippen LogP contribution in [0.25, 0.3) is 22.5 Å². The van der Waals surface area contributed by atoms with Crippen molar-refractivity contribution in [3.8, 4) is 11.6 Å². The van der Waals surface area contributed by atoms with Gasteiger partial charge in [0.15, 0.2) is 16.7 Å². The third-order valence-electron chi connectivity index (χ3n) is 4.32. The van der Waals surface area contributed by atoms with Gasteiger partial charge >= 0.3 is 0 Å². The number of aromatic nitrogens is 4. The number of carbonyl (C=O) groups is 1. The molecule has 7 heteroatoms. The Morgan fingerprint density at radius 2 is 2.19 bits per heavy atom. The number of nitrogens with one attached hydrogen (secondary N) is 1. The third-order valence-corrected chi connectivity index (χ3v) is 5.28. The van der Waals surface area contributed by atoms with Crippen LogP contribution in [0.15, 0.2) is 65.0 Å². The second-order valence-electron chi connectivity index (χ2n) is 6.10. The Balaban J connectivity index is 1.58. The molecule has 3 aromatic heterocycles. The molecule has 0 aliphatic carbocycles. The van der Waals surface area contributed by atoms with Gasteiger partial charge in [0.2, 0.25) is 5.82 Å². The summed E-state index contributed by atoms with van der Waals surface area (Å²) in [7, 11) is 0. The summed E-state index contributed by atoms with van der Waals surface area (Å²) in [5, 5.41) is 10.1. The van der Waals surface area contributed by atoms with Crippen LogP contribution in [-0.4, -0.2) is 31.3 Å². The Labute approximate surface area is 160 Å². The molecule has 136 valence electrons. The number of aromatic amines is 1. The van der Waals surface area contributed by atoms with Crippen LogP contribution in [0, 0.1) is 6.92 Å². The quantitative estimate of drug-likeness (QED) is 0.291. The molecule has 0 saturated heterocycles. The van der Waals surface area contributed by atoms with Crippen LogP contribution in [0.2, 0.25) is 0 Å². The zero-order chi connectivity index (χ0) is 18.8. The number of furan rings is 1. The van der Waals surface area contributed by atoms with Gasteiger partial charge in [0, 0.05) is 29.2 Å². The SMILES string of the molecule is C=CCn1c(SCC(=O)c2c[nH]c3ccccc23)nnc1-c1occc1C. The fourth-order valence-corrected chi connectivity index (χ4v) is 3.80. The molecule has 1 aromatic carbocycles. The number of rotatable bonds is 7. The van der Waals surface area contributed by atoms with E-state index in [9.17, 15) is 4.79 Å². The van der Waals surface area contributed by atoms with Gasteiger partial charge in [0.25, 0.3) is 0 Å². The second kappa shape index (κ2) is 7.28. The molecule has 0 atom stereocenters. The maximum atomic E-state index is 12.7. The smallest absolute Gasteiger partial charge is 0.201 e. The molecule has 0 spiro atoms. The first-order valence-electron chi connectivity index (χ1n) is 8.49. The first-order chi connectivity index (χ1) is 13.2. The van der Waals surface area contributed by atoms with Gasteiger partial charge < -0.3 is 9.40 Å². The predicted molar refractivity (Wildman–Crippen MR) is 106 cm³/mol. The number of nitrogens with zero attached hydrogens (tertiary/aromatic N) is 3. The van der Waals surface area contributed by atoms with Crippen molar-refractivity contribution in [2.45, 2.75) is 18.6 Å². The summed E-state index contributed by atoms with van der Waals surface area (Å²) in [4.78, 5) is 15.9. The molecule has 0 amide bonds. The van der Waals surface area contributed by atoms with E-state index >= 15 is 0 Å². The topological polar surface area (TPSA) is 76.7 Å². The van der Waals surface area contributed by atoms with Crippen molar-refractivity contribution in [1.82, 2.24) is 19.7 Å². The van der Waals surface area contributed by atoms with Crippen LogP contribution in [0.3, 0.4) is 0 Å². The average molecular weight is 378 g/mol. The van der Waals surface area contributed by atoms with Crippen LogP contribution in [-0.2, 0) is 6.54 Å². The number of H-pyrrole nitrogens is 1. The summed E-state index contributed by atoms with van der Waals surface area (Å²) >= 11 is 1.36. The standard InChI is InChI=1S/C20H18N4O2S/c1-3-9-24-19(18-13(2)8-10-26-18)22-23-20(24)27-12-17(25)15-11-21-16-7-5-4-6-14(15)16/h3-8,10-11,21H,1,9,12H2,2H3. The second-order valence-corrected chi connectivity index (χ2v) is 7.04. The number of carbonyl (C=O) groups excluding carboxylic acids is 1. The average Bonchev–Trinajstić information content (AvgIpc) is 3.38. The van der Waals surface area contributed by atoms with Gasteiger partial charge in [-0.3, -0.25) is 9.36 Å². The predicted octanol–water partition coefficient (Wildman–Crippen LogP) is 4.49. The molecule has 0 aliphatic rings. The van der Waals surface area contributed by atoms with Crippen LogP contribution in [0.4, 0.5) is 0 Å². The maximum Gasteiger partial charge on any atom is 0.201 e. The summed E-state index contributed by atoms with van der Waals surface area (Å²) in [6.07, 6.45) is 5.17. The van der Waals surface area contributed by atoms with Crippen molar-refractivity contribution in [3.63, 3.8) is 0 Å². The van der Waals surface area contributed by atoms with Gasteiger partial charge in [-0.1, -0.05) is 36.0 Å². The zero-order valence-corrected chi connectivity index (χ0v) is 15.6. The van der Waals surface area contributed by atoms with Gasteiger partial charge in [-0.05, 0) is 24.6 Å². The van der Waals surface area contributed by atoms with Gasteiger partial charge in [0.1, 0.15) is 0 Å². The maximum absolute atomic E-state index is 12.7. The summed E-state index contributed by atoms with van der Waals surface area (Å²) in [5.41, 5.74) is 2.63. The lowest BCUT2D eigenvalue weighted by atomic mass is 10.1. The fraction of sp³-hybridized carbons (Fsp3) is 0.150. The molecule has 0 fully saturated rings. The number of thioether (sulfide) groups is 1. The zero-order valence-electron chi connectivity index (χ0n) is 14.8. The first kappa shape index (κ1) is 17.4. The van der Waals surface area contributed by atoms with Crippen LogP contribution in [0.1, 0.15) is 15.9 Å². The Bertz CT molecular complexity index is 1120. The molecule has 4 aromatic rings. The van der Waals surface area contributed by atoms with E-state index < -0.39 is 0 Å². The number of hydrogen-bond acceptors (Lipinski definition) is 5. The molecule has 0 radical (unpaired) electrons. The van der Waals surface area contributed by atoms with E-state index in [-0.39, 0.29) is 11.5 Å². The summed E-state index contributed by atoms with van der Waals surface area (Å²) in [6.45, 7) is 6.30. The molecule has 1 N–H and O–H groups in total. The number of hydrogen-bond donors (Lipinski definition) is 1. The van der Waals surface area contributed by atoms with E-state index in [0.717, 1.165) is 16.5 Å². The fourth-order valence-electron chi connectivity index (χ4n) is 2.97. The Hall–Kier alpha value is -3.06. The minimum atomic E-state index is 0.0429. The van der Waals surface area contributed by atoms with Crippen molar-refractivity contribution in [2.75, 3.05) is 5.75 Å². The summed E-state index contributed by atoms with van der Waals surface area (Å²) in [5.74, 6) is 1.63. The number of benzene rings is 1. The number of allylic oxidation sites excluding steroid dienone is 1. The first-order valence-corrected chi connectivity index (χ1v) is 9.48. The van der Waals surface area contributed by atoms with E-state index in [0.29, 0.717) is 28.8 Å². The van der Waals surface area contributed by atoms with Crippen LogP contribution < -0.4 is 0 Å². The molecule has 6 nitrogen and oxygen atoms in total. The van der Waals surface area contributed by atoms with Crippen molar-refractivity contribution >= 4 is 28.4 Å². The highest BCUT2D eigenvalue weighted by Gasteiger charge is 2.19. The monoisotopic (exact) mass is 378 g/mol. The number of ketones is 1. The minimum absolute atomic E-state index is 0.0429. The van der Waals surface area contributed by atoms with Gasteiger partial charge in [-0.25, -0.2) is 0 Å². The molecular weight excluding hydrogens is 360 g/mol. The van der Waals surface area contributed by atoms with Gasteiger partial charge in [-0.15, -0.1) is 16.8 Å². The van der Waals surface area contributed by atoms with E-state index in [2.05, 4.69) is 21.8 Å². The van der Waals surface area contributed by atoms with Crippen molar-refractivity contribution in [2.24, 2.45) is 0 Å². The van der Waals surface area contributed by atoms with E-state index in [1.807, 2.05) is 41.8 Å². The Kier molecular flexibility index (Phi) is 4.68. The molecular formula is C20H18N4O2S. The highest BCUT2D eigenvalue weighted by atomic mass is 32.2. The van der Waals surface area contributed by atoms with E-state index in [1.165, 1.54) is 11.8 Å². The highest BCUT2D eigenvalue weighted by Crippen LogP contribution is 2.28. The number of fused-ring (bicyclic) bond motifs is 1. The summed E-state index contributed by atoms with van der Waals surface area (Å²) in [6, 6.07) is 9.66. The van der Waals surface area contributed by atoms with Crippen LogP contribution >= 0.6 is 11.8 Å². The molecule has 3 heterocycles. The number of para-hydroxylation sites is 1. The van der Waals surface area contributed by atoms with Crippen molar-refractivity contribution in [1.29, 1.82) is 0 Å². The molecule has 0 saturated carbocycles. The normalized spacial score (nSPS) is 11.1. The number of aryl methyl sites for hydroxylation is 1. The Morgan fingerprint density at radius 1 is 1.33 bits per heavy atom. The molecule has 27 heavy (non-hydrogen) atoms. The largest absolute Gasteiger partial charge is 0.461 e. The van der Waals surface area contributed by atoms with Gasteiger partial charge in [-0.2, -0.15) is 0 Å². The third kappa shape index (κ3) is 3.21. The lowest BCUT2D eigenvalue weighted by molar-refractivity contribution is 0.102. The van der Waals surface area contributed by atoms with Crippen LogP contribution in [0.5, 0.6) is 0 Å². The van der Waals surface area contributed by atoms with E-state index in [4.69, 9.17) is 4.42 Å². The van der Waals surface area contributed by atoms with Gasteiger partial charge in [0.05, 0.1) is 12.0 Å². The Morgan fingerprint density at radius 3 is 2.96 bits per heavy atom. The molecule has 0 unspecified atom stereocenters. The van der Waals surface area contributed by atoms with E-state index in [1.54, 1.807) is 18.5 Å². The molecule has 0 bridgehead atoms. The van der Waals surface area contributed by atoms with Crippen molar-refractivity contribution in [3.05, 3.63) is 66.6 Å². The minimum Gasteiger partial charge on any atom is -0.461 e. The lowest BCUT2D eigenvalue weighted by Gasteiger charge is -2.06. The highest BCUT2D eigenvalue weighted by molar-refractivity contribution is 7.99. The number of Topliss-reactive ketones (excluding diaryl/α,β-unsaturated/α-hetero) is 1.